The van der Waals surface area contributed by atoms with E-state index in [1.165, 1.54) is 12.5 Å². The van der Waals surface area contributed by atoms with Gasteiger partial charge in [0.15, 0.2) is 0 Å². The molecule has 9 heteroatoms. The monoisotopic (exact) mass is 517 g/mol. The molecule has 200 valence electrons. The summed E-state index contributed by atoms with van der Waals surface area (Å²) in [5, 5.41) is 9.67. The zero-order valence-electron chi connectivity index (χ0n) is 23.0. The van der Waals surface area contributed by atoms with Gasteiger partial charge in [0.2, 0.25) is 17.7 Å². The van der Waals surface area contributed by atoms with E-state index in [9.17, 15) is 14.4 Å². The van der Waals surface area contributed by atoms with Crippen molar-refractivity contribution in [2.75, 3.05) is 27.2 Å². The molecule has 4 atom stereocenters. The Bertz CT molecular complexity index is 1040. The maximum absolute atomic E-state index is 13.3. The van der Waals surface area contributed by atoms with Crippen LogP contribution in [0.2, 0.25) is 0 Å². The standard InChI is InChI=1S/C27H43N5O3S/c1-9-17(4)23(14-28-26(34)18(5)15-32(7)8)31-27(35)22(29-19(6)33)13-25-30-21-11-10-20(16(2)3)12-24(21)36-25/h10-12,16-18,22-23H,9,13-15H2,1-8H3,(H,28,34)(H,29,33)(H,31,35)/t17-,18?,22-,23+/m0/s1. The second-order valence-corrected chi connectivity index (χ2v) is 11.5. The molecule has 2 aromatic rings. The van der Waals surface area contributed by atoms with Crippen molar-refractivity contribution >= 4 is 39.3 Å². The predicted octanol–water partition coefficient (Wildman–Crippen LogP) is 3.31. The fraction of sp³-hybridized carbons (Fsp3) is 0.630. The number of carbonyl (C=O) groups excluding carboxylic acids is 3. The molecule has 3 amide bonds. The molecule has 1 heterocycles. The molecule has 2 rings (SSSR count). The van der Waals surface area contributed by atoms with Crippen molar-refractivity contribution in [1.29, 1.82) is 0 Å². The fourth-order valence-electron chi connectivity index (χ4n) is 4.04. The molecule has 1 aromatic carbocycles. The van der Waals surface area contributed by atoms with Gasteiger partial charge in [-0.05, 0) is 43.6 Å². The lowest BCUT2D eigenvalue weighted by atomic mass is 9.98. The average Bonchev–Trinajstić information content (AvgIpc) is 3.21. The van der Waals surface area contributed by atoms with Gasteiger partial charge in [-0.15, -0.1) is 11.3 Å². The predicted molar refractivity (Wildman–Crippen MR) is 147 cm³/mol. The molecule has 3 N–H and O–H groups in total. The minimum atomic E-state index is -0.748. The third-order valence-corrected chi connectivity index (χ3v) is 7.48. The number of thiazole rings is 1. The highest BCUT2D eigenvalue weighted by molar-refractivity contribution is 7.18. The van der Waals surface area contributed by atoms with Crippen LogP contribution in [-0.4, -0.2) is 66.9 Å². The Morgan fingerprint density at radius 2 is 1.75 bits per heavy atom. The van der Waals surface area contributed by atoms with E-state index >= 15 is 0 Å². The van der Waals surface area contributed by atoms with Gasteiger partial charge in [-0.1, -0.05) is 47.1 Å². The van der Waals surface area contributed by atoms with Gasteiger partial charge < -0.3 is 20.9 Å². The summed E-state index contributed by atoms with van der Waals surface area (Å²) in [5.41, 5.74) is 2.14. The number of carbonyl (C=O) groups is 3. The summed E-state index contributed by atoms with van der Waals surface area (Å²) in [6.45, 7) is 12.7. The average molecular weight is 518 g/mol. The van der Waals surface area contributed by atoms with Crippen LogP contribution in [0.1, 0.15) is 64.5 Å². The van der Waals surface area contributed by atoms with Crippen molar-refractivity contribution in [1.82, 2.24) is 25.8 Å². The Morgan fingerprint density at radius 3 is 2.33 bits per heavy atom. The molecule has 0 aliphatic rings. The minimum absolute atomic E-state index is 0.0418. The van der Waals surface area contributed by atoms with Gasteiger partial charge in [0.25, 0.3) is 0 Å². The summed E-state index contributed by atoms with van der Waals surface area (Å²) in [5.74, 6) is -0.178. The van der Waals surface area contributed by atoms with E-state index in [-0.39, 0.29) is 35.6 Å². The first kappa shape index (κ1) is 29.7. The van der Waals surface area contributed by atoms with Crippen LogP contribution in [0.3, 0.4) is 0 Å². The summed E-state index contributed by atoms with van der Waals surface area (Å²) < 4.78 is 1.07. The molecule has 0 saturated carbocycles. The third-order valence-electron chi connectivity index (χ3n) is 6.44. The van der Waals surface area contributed by atoms with E-state index in [0.717, 1.165) is 21.6 Å². The van der Waals surface area contributed by atoms with E-state index in [1.807, 2.05) is 38.9 Å². The molecule has 1 unspecified atom stereocenters. The van der Waals surface area contributed by atoms with Crippen molar-refractivity contribution < 1.29 is 14.4 Å². The van der Waals surface area contributed by atoms with E-state index in [1.54, 1.807) is 11.3 Å². The second kappa shape index (κ2) is 13.7. The lowest BCUT2D eigenvalue weighted by Gasteiger charge is -2.28. The fourth-order valence-corrected chi connectivity index (χ4v) is 5.10. The smallest absolute Gasteiger partial charge is 0.243 e. The van der Waals surface area contributed by atoms with Gasteiger partial charge >= 0.3 is 0 Å². The summed E-state index contributed by atoms with van der Waals surface area (Å²) in [4.78, 5) is 44.5. The Balaban J connectivity index is 2.14. The van der Waals surface area contributed by atoms with Crippen LogP contribution in [0.4, 0.5) is 0 Å². The highest BCUT2D eigenvalue weighted by Crippen LogP contribution is 2.27. The molecule has 36 heavy (non-hydrogen) atoms. The van der Waals surface area contributed by atoms with Crippen LogP contribution in [-0.2, 0) is 20.8 Å². The number of benzene rings is 1. The maximum Gasteiger partial charge on any atom is 0.243 e. The van der Waals surface area contributed by atoms with E-state index < -0.39 is 6.04 Å². The zero-order chi connectivity index (χ0) is 27.0. The third kappa shape index (κ3) is 8.85. The van der Waals surface area contributed by atoms with Gasteiger partial charge in [-0.2, -0.15) is 0 Å². The van der Waals surface area contributed by atoms with Crippen molar-refractivity contribution in [2.24, 2.45) is 11.8 Å². The number of aromatic nitrogens is 1. The van der Waals surface area contributed by atoms with Crippen molar-refractivity contribution in [3.63, 3.8) is 0 Å². The molecule has 8 nitrogen and oxygen atoms in total. The molecule has 0 aliphatic carbocycles. The molecule has 0 aliphatic heterocycles. The van der Waals surface area contributed by atoms with Crippen LogP contribution in [0.15, 0.2) is 18.2 Å². The molecule has 0 bridgehead atoms. The number of hydrogen-bond acceptors (Lipinski definition) is 6. The number of nitrogens with zero attached hydrogens (tertiary/aromatic N) is 2. The summed E-state index contributed by atoms with van der Waals surface area (Å²) in [7, 11) is 3.87. The highest BCUT2D eigenvalue weighted by Gasteiger charge is 2.27. The maximum atomic E-state index is 13.3. The molecule has 0 saturated heterocycles. The Morgan fingerprint density at radius 1 is 1.06 bits per heavy atom. The van der Waals surface area contributed by atoms with E-state index in [4.69, 9.17) is 4.98 Å². The normalized spacial score (nSPS) is 14.9. The van der Waals surface area contributed by atoms with Gasteiger partial charge in [0.05, 0.1) is 15.2 Å². The Kier molecular flexibility index (Phi) is 11.3. The lowest BCUT2D eigenvalue weighted by molar-refractivity contribution is -0.129. The van der Waals surface area contributed by atoms with Crippen LogP contribution < -0.4 is 16.0 Å². The molecule has 0 radical (unpaired) electrons. The van der Waals surface area contributed by atoms with Crippen molar-refractivity contribution in [3.8, 4) is 0 Å². The number of nitrogens with one attached hydrogen (secondary N) is 3. The van der Waals surface area contributed by atoms with Crippen molar-refractivity contribution in [2.45, 2.75) is 72.4 Å². The van der Waals surface area contributed by atoms with Crippen molar-refractivity contribution in [3.05, 3.63) is 28.8 Å². The number of amides is 3. The first-order valence-corrected chi connectivity index (χ1v) is 13.6. The largest absolute Gasteiger partial charge is 0.354 e. The van der Waals surface area contributed by atoms with Crippen LogP contribution in [0, 0.1) is 11.8 Å². The first-order chi connectivity index (χ1) is 16.9. The molecular weight excluding hydrogens is 474 g/mol. The molecular formula is C27H43N5O3S. The van der Waals surface area contributed by atoms with Crippen LogP contribution in [0.5, 0.6) is 0 Å². The zero-order valence-corrected chi connectivity index (χ0v) is 23.8. The van der Waals surface area contributed by atoms with Gasteiger partial charge in [0, 0.05) is 38.4 Å². The minimum Gasteiger partial charge on any atom is -0.354 e. The molecule has 0 spiro atoms. The summed E-state index contributed by atoms with van der Waals surface area (Å²) in [6, 6.07) is 5.24. The quantitative estimate of drug-likeness (QED) is 0.378. The highest BCUT2D eigenvalue weighted by atomic mass is 32.1. The van der Waals surface area contributed by atoms with E-state index in [2.05, 4.69) is 48.9 Å². The topological polar surface area (TPSA) is 103 Å². The number of rotatable bonds is 13. The summed E-state index contributed by atoms with van der Waals surface area (Å²) >= 11 is 1.55. The Labute approximate surface area is 219 Å². The second-order valence-electron chi connectivity index (χ2n) is 10.4. The summed E-state index contributed by atoms with van der Waals surface area (Å²) in [6.07, 6.45) is 1.15. The number of hydrogen-bond donors (Lipinski definition) is 3. The van der Waals surface area contributed by atoms with Gasteiger partial charge in [-0.3, -0.25) is 14.4 Å². The first-order valence-electron chi connectivity index (χ1n) is 12.8. The number of fused-ring (bicyclic) bond motifs is 1. The van der Waals surface area contributed by atoms with Crippen LogP contribution >= 0.6 is 11.3 Å². The van der Waals surface area contributed by atoms with Crippen LogP contribution in [0.25, 0.3) is 10.2 Å². The lowest BCUT2D eigenvalue weighted by Crippen LogP contribution is -2.54. The van der Waals surface area contributed by atoms with Gasteiger partial charge in [0.1, 0.15) is 6.04 Å². The van der Waals surface area contributed by atoms with E-state index in [0.29, 0.717) is 25.4 Å². The SMILES string of the molecule is CC[C@H](C)[C@@H](CNC(=O)C(C)CN(C)C)NC(=O)[C@H](Cc1nc2ccc(C(C)C)cc2s1)NC(C)=O. The Hall–Kier alpha value is -2.52. The van der Waals surface area contributed by atoms with Gasteiger partial charge in [-0.25, -0.2) is 4.98 Å². The molecule has 0 fully saturated rings. The molecule has 1 aromatic heterocycles.